The van der Waals surface area contributed by atoms with Gasteiger partial charge in [0, 0.05) is 18.7 Å². The fraction of sp³-hybridized carbons (Fsp3) is 0.250. The maximum atomic E-state index is 10.4. The van der Waals surface area contributed by atoms with Crippen LogP contribution in [-0.4, -0.2) is 10.0 Å². The highest BCUT2D eigenvalue weighted by Crippen LogP contribution is 2.16. The van der Waals surface area contributed by atoms with E-state index in [1.165, 1.54) is 12.1 Å². The van der Waals surface area contributed by atoms with Crippen LogP contribution in [0.4, 0.5) is 5.69 Å². The predicted molar refractivity (Wildman–Crippen MR) is 46.9 cm³/mol. The highest BCUT2D eigenvalue weighted by atomic mass is 16.6. The lowest BCUT2D eigenvalue weighted by Gasteiger charge is -2.00. The van der Waals surface area contributed by atoms with Crippen molar-refractivity contribution >= 4 is 5.69 Å². The van der Waals surface area contributed by atoms with Crippen LogP contribution in [0.5, 0.6) is 0 Å². The highest BCUT2D eigenvalue weighted by molar-refractivity contribution is 5.39. The zero-order valence-corrected chi connectivity index (χ0v) is 6.93. The summed E-state index contributed by atoms with van der Waals surface area (Å²) >= 11 is 0. The third-order valence-corrected chi connectivity index (χ3v) is 1.67. The summed E-state index contributed by atoms with van der Waals surface area (Å²) in [4.78, 5) is 9.92. The molecule has 0 heterocycles. The van der Waals surface area contributed by atoms with Gasteiger partial charge in [0.1, 0.15) is 0 Å². The summed E-state index contributed by atoms with van der Waals surface area (Å²) in [5.74, 6) is 0. The number of aliphatic hydroxyl groups excluding tert-OH is 1. The molecule has 0 aromatic heterocycles. The van der Waals surface area contributed by atoms with Crippen molar-refractivity contribution in [1.29, 1.82) is 0 Å². The zero-order valence-electron chi connectivity index (χ0n) is 6.93. The van der Waals surface area contributed by atoms with Gasteiger partial charge in [0.05, 0.1) is 11.5 Å². The maximum Gasteiger partial charge on any atom is 0.270 e. The monoisotopic (exact) mass is 182 g/mol. The Kier molecular flexibility index (Phi) is 2.94. The van der Waals surface area contributed by atoms with Gasteiger partial charge in [-0.25, -0.2) is 0 Å². The smallest absolute Gasteiger partial charge is 0.270 e. The second-order valence-electron chi connectivity index (χ2n) is 2.63. The average molecular weight is 182 g/mol. The number of aliphatic hydroxyl groups is 1. The fourth-order valence-corrected chi connectivity index (χ4v) is 1.06. The molecule has 1 rings (SSSR count). The summed E-state index contributed by atoms with van der Waals surface area (Å²) in [6, 6.07) is 4.38. The van der Waals surface area contributed by atoms with Crippen molar-refractivity contribution in [2.75, 3.05) is 0 Å². The molecule has 0 atom stereocenters. The summed E-state index contributed by atoms with van der Waals surface area (Å²) in [6.45, 7) is 0.0172. The SMILES string of the molecule is NCc1cc(CO)cc([N+](=O)[O-])c1. The Bertz CT molecular complexity index is 303. The molecule has 0 saturated carbocycles. The molecule has 0 spiro atoms. The van der Waals surface area contributed by atoms with Gasteiger partial charge in [-0.3, -0.25) is 10.1 Å². The summed E-state index contributed by atoms with van der Waals surface area (Å²) in [5, 5.41) is 19.2. The van der Waals surface area contributed by atoms with E-state index in [-0.39, 0.29) is 18.8 Å². The van der Waals surface area contributed by atoms with Crippen molar-refractivity contribution in [1.82, 2.24) is 0 Å². The molecule has 0 aliphatic rings. The first-order valence-corrected chi connectivity index (χ1v) is 3.75. The fourth-order valence-electron chi connectivity index (χ4n) is 1.06. The summed E-state index contributed by atoms with van der Waals surface area (Å²) in [6.07, 6.45) is 0. The average Bonchev–Trinajstić information content (AvgIpc) is 2.16. The lowest BCUT2D eigenvalue weighted by Crippen LogP contribution is -1.99. The number of hydrogen-bond donors (Lipinski definition) is 2. The van der Waals surface area contributed by atoms with Gasteiger partial charge in [-0.1, -0.05) is 6.07 Å². The summed E-state index contributed by atoms with van der Waals surface area (Å²) in [7, 11) is 0. The van der Waals surface area contributed by atoms with Crippen LogP contribution >= 0.6 is 0 Å². The number of non-ortho nitro benzene ring substituents is 1. The number of benzene rings is 1. The molecular weight excluding hydrogens is 172 g/mol. The normalized spacial score (nSPS) is 10.0. The molecule has 0 saturated heterocycles. The molecule has 0 radical (unpaired) electrons. The number of nitrogens with two attached hydrogens (primary N) is 1. The largest absolute Gasteiger partial charge is 0.392 e. The second-order valence-corrected chi connectivity index (χ2v) is 2.63. The number of nitro groups is 1. The standard InChI is InChI=1S/C8H10N2O3/c9-4-6-1-7(5-11)3-8(2-6)10(12)13/h1-3,11H,4-5,9H2. The van der Waals surface area contributed by atoms with Crippen LogP contribution in [0.15, 0.2) is 18.2 Å². The van der Waals surface area contributed by atoms with Gasteiger partial charge in [0.25, 0.3) is 5.69 Å². The van der Waals surface area contributed by atoms with Gasteiger partial charge in [-0.15, -0.1) is 0 Å². The van der Waals surface area contributed by atoms with E-state index in [2.05, 4.69) is 0 Å². The molecule has 5 heteroatoms. The number of nitrogens with zero attached hydrogens (tertiary/aromatic N) is 1. The molecule has 70 valence electrons. The molecule has 0 aliphatic heterocycles. The minimum absolute atomic E-state index is 0.0352. The minimum atomic E-state index is -0.502. The van der Waals surface area contributed by atoms with E-state index in [4.69, 9.17) is 10.8 Å². The lowest BCUT2D eigenvalue weighted by molar-refractivity contribution is -0.385. The van der Waals surface area contributed by atoms with Crippen LogP contribution < -0.4 is 5.73 Å². The minimum Gasteiger partial charge on any atom is -0.392 e. The molecule has 5 nitrogen and oxygen atoms in total. The summed E-state index contributed by atoms with van der Waals surface area (Å²) in [5.41, 5.74) is 6.46. The molecule has 0 unspecified atom stereocenters. The van der Waals surface area contributed by atoms with E-state index in [1.54, 1.807) is 6.07 Å². The third-order valence-electron chi connectivity index (χ3n) is 1.67. The van der Waals surface area contributed by atoms with Crippen molar-refractivity contribution in [2.24, 2.45) is 5.73 Å². The van der Waals surface area contributed by atoms with Crippen molar-refractivity contribution in [3.63, 3.8) is 0 Å². The maximum absolute atomic E-state index is 10.4. The molecule has 0 bridgehead atoms. The first kappa shape index (κ1) is 9.63. The predicted octanol–water partition coefficient (Wildman–Crippen LogP) is 0.546. The topological polar surface area (TPSA) is 89.4 Å². The molecule has 1 aromatic rings. The highest BCUT2D eigenvalue weighted by Gasteiger charge is 2.08. The molecule has 0 amide bonds. The van der Waals surface area contributed by atoms with Crippen molar-refractivity contribution in [2.45, 2.75) is 13.2 Å². The molecule has 0 aliphatic carbocycles. The van der Waals surface area contributed by atoms with E-state index in [1.807, 2.05) is 0 Å². The van der Waals surface area contributed by atoms with Gasteiger partial charge in [0.2, 0.25) is 0 Å². The van der Waals surface area contributed by atoms with Gasteiger partial charge in [-0.05, 0) is 11.1 Å². The van der Waals surface area contributed by atoms with E-state index in [0.717, 1.165) is 0 Å². The van der Waals surface area contributed by atoms with Crippen LogP contribution in [0.25, 0.3) is 0 Å². The molecule has 0 fully saturated rings. The van der Waals surface area contributed by atoms with Crippen molar-refractivity contribution < 1.29 is 10.0 Å². The van der Waals surface area contributed by atoms with Crippen molar-refractivity contribution in [3.8, 4) is 0 Å². The third kappa shape index (κ3) is 2.24. The molecular formula is C8H10N2O3. The van der Waals surface area contributed by atoms with Gasteiger partial charge in [0.15, 0.2) is 0 Å². The lowest BCUT2D eigenvalue weighted by atomic mass is 10.1. The van der Waals surface area contributed by atoms with E-state index in [9.17, 15) is 10.1 Å². The number of rotatable bonds is 3. The van der Waals surface area contributed by atoms with Crippen LogP contribution in [0.3, 0.4) is 0 Å². The van der Waals surface area contributed by atoms with Crippen LogP contribution in [0, 0.1) is 10.1 Å². The molecule has 3 N–H and O–H groups in total. The Morgan fingerprint density at radius 3 is 2.46 bits per heavy atom. The van der Waals surface area contributed by atoms with Gasteiger partial charge < -0.3 is 10.8 Å². The Morgan fingerprint density at radius 2 is 2.00 bits per heavy atom. The Hall–Kier alpha value is -1.46. The number of hydrogen-bond acceptors (Lipinski definition) is 4. The van der Waals surface area contributed by atoms with E-state index >= 15 is 0 Å². The molecule has 1 aromatic carbocycles. The first-order chi connectivity index (χ1) is 6.17. The Labute approximate surface area is 74.9 Å². The van der Waals surface area contributed by atoms with Gasteiger partial charge in [-0.2, -0.15) is 0 Å². The Morgan fingerprint density at radius 1 is 1.38 bits per heavy atom. The van der Waals surface area contributed by atoms with E-state index < -0.39 is 4.92 Å². The second kappa shape index (κ2) is 3.97. The van der Waals surface area contributed by atoms with Crippen LogP contribution in [-0.2, 0) is 13.2 Å². The Balaban J connectivity index is 3.14. The number of nitro benzene ring substituents is 1. The van der Waals surface area contributed by atoms with Gasteiger partial charge >= 0.3 is 0 Å². The van der Waals surface area contributed by atoms with Crippen molar-refractivity contribution in [3.05, 3.63) is 39.4 Å². The van der Waals surface area contributed by atoms with E-state index in [0.29, 0.717) is 11.1 Å². The zero-order chi connectivity index (χ0) is 9.84. The summed E-state index contributed by atoms with van der Waals surface area (Å²) < 4.78 is 0. The quantitative estimate of drug-likeness (QED) is 0.527. The van der Waals surface area contributed by atoms with Crippen LogP contribution in [0.2, 0.25) is 0 Å². The first-order valence-electron chi connectivity index (χ1n) is 3.75. The molecule has 13 heavy (non-hydrogen) atoms. The van der Waals surface area contributed by atoms with Crippen LogP contribution in [0.1, 0.15) is 11.1 Å².